The first kappa shape index (κ1) is 17.7. The molecule has 0 saturated carbocycles. The Hall–Kier alpha value is -1.70. The first-order valence-corrected chi connectivity index (χ1v) is 10.3. The summed E-state index contributed by atoms with van der Waals surface area (Å²) in [6, 6.07) is 5.85. The predicted molar refractivity (Wildman–Crippen MR) is 102 cm³/mol. The summed E-state index contributed by atoms with van der Waals surface area (Å²) in [5, 5.41) is 12.3. The van der Waals surface area contributed by atoms with Gasteiger partial charge in [0.2, 0.25) is 0 Å². The molecule has 0 radical (unpaired) electrons. The van der Waals surface area contributed by atoms with Crippen LogP contribution in [0.2, 0.25) is 0 Å². The quantitative estimate of drug-likeness (QED) is 0.816. The van der Waals surface area contributed by atoms with Gasteiger partial charge in [-0.15, -0.1) is 11.3 Å². The molecule has 2 fully saturated rings. The zero-order valence-electron chi connectivity index (χ0n) is 15.0. The van der Waals surface area contributed by atoms with Crippen LogP contribution in [0.3, 0.4) is 0 Å². The van der Waals surface area contributed by atoms with Crippen LogP contribution in [0.25, 0.3) is 10.6 Å². The molecule has 0 aromatic carbocycles. The standard InChI is InChI=1S/C19H26N4O2S/c24-18(16-12-15(21-22-16)17-4-3-11-26-17)20-13-19(5-9-25-10-6-19)14-23-7-1-2-8-23/h3-4,11-12H,1-2,5-10,13-14H2,(H,20,24)(H,21,22). The van der Waals surface area contributed by atoms with Crippen LogP contribution in [-0.4, -0.2) is 60.4 Å². The molecular formula is C19H26N4O2S. The summed E-state index contributed by atoms with van der Waals surface area (Å²) in [5.41, 5.74) is 1.46. The van der Waals surface area contributed by atoms with E-state index in [2.05, 4.69) is 20.4 Å². The molecule has 0 aliphatic carbocycles. The molecular weight excluding hydrogens is 348 g/mol. The zero-order chi connectivity index (χ0) is 17.8. The minimum Gasteiger partial charge on any atom is -0.381 e. The lowest BCUT2D eigenvalue weighted by Gasteiger charge is -2.40. The molecule has 2 aromatic rings. The normalized spacial score (nSPS) is 20.3. The number of amides is 1. The van der Waals surface area contributed by atoms with Crippen molar-refractivity contribution in [3.05, 3.63) is 29.3 Å². The number of aromatic nitrogens is 2. The van der Waals surface area contributed by atoms with E-state index in [1.165, 1.54) is 25.9 Å². The molecule has 2 aliphatic rings. The smallest absolute Gasteiger partial charge is 0.271 e. The number of hydrogen-bond acceptors (Lipinski definition) is 5. The van der Waals surface area contributed by atoms with Gasteiger partial charge >= 0.3 is 0 Å². The number of carbonyl (C=O) groups is 1. The average molecular weight is 375 g/mol. The monoisotopic (exact) mass is 374 g/mol. The third kappa shape index (κ3) is 4.00. The Morgan fingerprint density at radius 3 is 2.88 bits per heavy atom. The van der Waals surface area contributed by atoms with Crippen molar-refractivity contribution in [2.24, 2.45) is 5.41 Å². The SMILES string of the molecule is O=C(NCC1(CN2CCCC2)CCOCC1)c1cc(-c2cccs2)[nH]n1. The van der Waals surface area contributed by atoms with Crippen molar-refractivity contribution < 1.29 is 9.53 Å². The zero-order valence-corrected chi connectivity index (χ0v) is 15.8. The molecule has 4 rings (SSSR count). The van der Waals surface area contributed by atoms with E-state index in [0.717, 1.165) is 43.2 Å². The van der Waals surface area contributed by atoms with Gasteiger partial charge in [-0.1, -0.05) is 6.07 Å². The van der Waals surface area contributed by atoms with Crippen LogP contribution in [0.15, 0.2) is 23.6 Å². The fourth-order valence-corrected chi connectivity index (χ4v) is 4.66. The lowest BCUT2D eigenvalue weighted by Crippen LogP contribution is -2.48. The van der Waals surface area contributed by atoms with Crippen LogP contribution >= 0.6 is 11.3 Å². The van der Waals surface area contributed by atoms with Gasteiger partial charge in [0.1, 0.15) is 0 Å². The average Bonchev–Trinajstić information content (AvgIpc) is 3.41. The maximum Gasteiger partial charge on any atom is 0.271 e. The van der Waals surface area contributed by atoms with Gasteiger partial charge in [-0.3, -0.25) is 9.89 Å². The molecule has 1 amide bonds. The maximum absolute atomic E-state index is 12.6. The van der Waals surface area contributed by atoms with Crippen molar-refractivity contribution in [3.63, 3.8) is 0 Å². The van der Waals surface area contributed by atoms with Crippen LogP contribution in [0.1, 0.15) is 36.2 Å². The molecule has 26 heavy (non-hydrogen) atoms. The topological polar surface area (TPSA) is 70.2 Å². The second kappa shape index (κ2) is 7.90. The summed E-state index contributed by atoms with van der Waals surface area (Å²) in [4.78, 5) is 16.2. The van der Waals surface area contributed by atoms with Crippen molar-refractivity contribution >= 4 is 17.2 Å². The summed E-state index contributed by atoms with van der Waals surface area (Å²) >= 11 is 1.63. The van der Waals surface area contributed by atoms with Crippen molar-refractivity contribution in [1.29, 1.82) is 0 Å². The van der Waals surface area contributed by atoms with Crippen LogP contribution in [0.5, 0.6) is 0 Å². The van der Waals surface area contributed by atoms with Gasteiger partial charge in [0, 0.05) is 31.7 Å². The molecule has 2 saturated heterocycles. The first-order chi connectivity index (χ1) is 12.7. The highest BCUT2D eigenvalue weighted by atomic mass is 32.1. The van der Waals surface area contributed by atoms with E-state index < -0.39 is 0 Å². The molecule has 2 aromatic heterocycles. The Labute approximate surface area is 157 Å². The minimum atomic E-state index is -0.101. The number of aromatic amines is 1. The summed E-state index contributed by atoms with van der Waals surface area (Å²) < 4.78 is 5.58. The molecule has 0 atom stereocenters. The molecule has 6 nitrogen and oxygen atoms in total. The lowest BCUT2D eigenvalue weighted by molar-refractivity contribution is -0.000653. The minimum absolute atomic E-state index is 0.101. The maximum atomic E-state index is 12.6. The summed E-state index contributed by atoms with van der Waals surface area (Å²) in [6.07, 6.45) is 4.59. The van der Waals surface area contributed by atoms with Crippen molar-refractivity contribution in [2.45, 2.75) is 25.7 Å². The number of carbonyl (C=O) groups excluding carboxylic acids is 1. The number of rotatable bonds is 6. The van der Waals surface area contributed by atoms with Gasteiger partial charge in [0.25, 0.3) is 5.91 Å². The highest BCUT2D eigenvalue weighted by molar-refractivity contribution is 7.13. The third-order valence-electron chi connectivity index (χ3n) is 5.53. The van der Waals surface area contributed by atoms with Crippen molar-refractivity contribution in [2.75, 3.05) is 39.4 Å². The second-order valence-corrected chi connectivity index (χ2v) is 8.37. The Bertz CT molecular complexity index is 716. The van der Waals surface area contributed by atoms with E-state index in [4.69, 9.17) is 4.74 Å². The predicted octanol–water partition coefficient (Wildman–Crippen LogP) is 2.76. The molecule has 0 spiro atoms. The van der Waals surface area contributed by atoms with E-state index in [1.54, 1.807) is 11.3 Å². The van der Waals surface area contributed by atoms with Gasteiger partial charge in [0.05, 0.1) is 10.6 Å². The van der Waals surface area contributed by atoms with Gasteiger partial charge in [-0.25, -0.2) is 0 Å². The lowest BCUT2D eigenvalue weighted by atomic mass is 9.79. The molecule has 4 heterocycles. The molecule has 0 bridgehead atoms. The Balaban J connectivity index is 1.39. The number of hydrogen-bond donors (Lipinski definition) is 2. The van der Waals surface area contributed by atoms with Crippen molar-refractivity contribution in [3.8, 4) is 10.6 Å². The highest BCUT2D eigenvalue weighted by Gasteiger charge is 2.35. The summed E-state index contributed by atoms with van der Waals surface area (Å²) in [7, 11) is 0. The fraction of sp³-hybridized carbons (Fsp3) is 0.579. The van der Waals surface area contributed by atoms with Crippen LogP contribution in [0, 0.1) is 5.41 Å². The van der Waals surface area contributed by atoms with Gasteiger partial charge < -0.3 is 15.0 Å². The Morgan fingerprint density at radius 2 is 2.15 bits per heavy atom. The van der Waals surface area contributed by atoms with E-state index in [1.807, 2.05) is 23.6 Å². The summed E-state index contributed by atoms with van der Waals surface area (Å²) in [6.45, 7) is 5.67. The van der Waals surface area contributed by atoms with E-state index in [9.17, 15) is 4.79 Å². The number of thiophene rings is 1. The first-order valence-electron chi connectivity index (χ1n) is 9.42. The van der Waals surface area contributed by atoms with E-state index in [-0.39, 0.29) is 11.3 Å². The number of ether oxygens (including phenoxy) is 1. The van der Waals surface area contributed by atoms with Gasteiger partial charge in [-0.2, -0.15) is 5.10 Å². The Morgan fingerprint density at radius 1 is 1.35 bits per heavy atom. The number of nitrogens with one attached hydrogen (secondary N) is 2. The highest BCUT2D eigenvalue weighted by Crippen LogP contribution is 2.32. The van der Waals surface area contributed by atoms with Crippen molar-refractivity contribution in [1.82, 2.24) is 20.4 Å². The summed E-state index contributed by atoms with van der Waals surface area (Å²) in [5.74, 6) is -0.101. The molecule has 0 unspecified atom stereocenters. The largest absolute Gasteiger partial charge is 0.381 e. The third-order valence-corrected chi connectivity index (χ3v) is 6.44. The van der Waals surface area contributed by atoms with Gasteiger partial charge in [-0.05, 0) is 56.3 Å². The second-order valence-electron chi connectivity index (χ2n) is 7.42. The van der Waals surface area contributed by atoms with Crippen LogP contribution in [0.4, 0.5) is 0 Å². The van der Waals surface area contributed by atoms with Gasteiger partial charge in [0.15, 0.2) is 5.69 Å². The molecule has 2 N–H and O–H groups in total. The number of likely N-dealkylation sites (tertiary alicyclic amines) is 1. The molecule has 140 valence electrons. The van der Waals surface area contributed by atoms with Crippen LogP contribution < -0.4 is 5.32 Å². The molecule has 7 heteroatoms. The fourth-order valence-electron chi connectivity index (χ4n) is 3.96. The number of H-pyrrole nitrogens is 1. The Kier molecular flexibility index (Phi) is 5.38. The number of nitrogens with zero attached hydrogens (tertiary/aromatic N) is 2. The van der Waals surface area contributed by atoms with Crippen LogP contribution in [-0.2, 0) is 4.74 Å². The van der Waals surface area contributed by atoms with E-state index in [0.29, 0.717) is 12.2 Å². The van der Waals surface area contributed by atoms with E-state index >= 15 is 0 Å². The molecule has 2 aliphatic heterocycles.